The Morgan fingerprint density at radius 1 is 1.80 bits per heavy atom. The van der Waals surface area contributed by atoms with Gasteiger partial charge in [0, 0.05) is 18.3 Å². The van der Waals surface area contributed by atoms with Crippen molar-refractivity contribution in [3.63, 3.8) is 0 Å². The van der Waals surface area contributed by atoms with Crippen LogP contribution in [-0.4, -0.2) is 29.5 Å². The minimum absolute atomic E-state index is 0.528. The predicted molar refractivity (Wildman–Crippen MR) is 43.7 cm³/mol. The Balaban J connectivity index is 2.36. The van der Waals surface area contributed by atoms with Gasteiger partial charge in [-0.1, -0.05) is 0 Å². The van der Waals surface area contributed by atoms with Gasteiger partial charge >= 0.3 is 0 Å². The standard InChI is InChI=1S/C7H12N2S/c1-10-5-7-3-2-4-9(7)6-8/h7H,2-5H2,1H3. The molecule has 1 atom stereocenters. The van der Waals surface area contributed by atoms with E-state index in [0.29, 0.717) is 6.04 Å². The van der Waals surface area contributed by atoms with Crippen LogP contribution in [0.5, 0.6) is 0 Å². The van der Waals surface area contributed by atoms with Crippen LogP contribution in [0.3, 0.4) is 0 Å². The summed E-state index contributed by atoms with van der Waals surface area (Å²) >= 11 is 1.83. The summed E-state index contributed by atoms with van der Waals surface area (Å²) in [7, 11) is 0. The molecule has 0 bridgehead atoms. The molecule has 56 valence electrons. The lowest BCUT2D eigenvalue weighted by atomic mass is 10.2. The Bertz CT molecular complexity index is 141. The number of likely N-dealkylation sites (tertiary alicyclic amines) is 1. The maximum Gasteiger partial charge on any atom is 0.179 e. The molecule has 1 rings (SSSR count). The third kappa shape index (κ3) is 1.57. The second-order valence-electron chi connectivity index (χ2n) is 2.54. The molecule has 0 aromatic heterocycles. The number of hydrogen-bond donors (Lipinski definition) is 0. The molecule has 0 N–H and O–H groups in total. The third-order valence-corrected chi connectivity index (χ3v) is 2.58. The Hall–Kier alpha value is -0.360. The zero-order valence-corrected chi connectivity index (χ0v) is 7.02. The van der Waals surface area contributed by atoms with Crippen LogP contribution in [0.15, 0.2) is 0 Å². The minimum Gasteiger partial charge on any atom is -0.307 e. The van der Waals surface area contributed by atoms with Crippen LogP contribution >= 0.6 is 11.8 Å². The van der Waals surface area contributed by atoms with Gasteiger partial charge in [0.15, 0.2) is 6.19 Å². The number of thioether (sulfide) groups is 1. The van der Waals surface area contributed by atoms with Gasteiger partial charge in [-0.2, -0.15) is 17.0 Å². The van der Waals surface area contributed by atoms with Gasteiger partial charge in [-0.05, 0) is 19.1 Å². The van der Waals surface area contributed by atoms with E-state index in [1.54, 1.807) is 0 Å². The van der Waals surface area contributed by atoms with Crippen molar-refractivity contribution in [3.8, 4) is 6.19 Å². The third-order valence-electron chi connectivity index (χ3n) is 1.86. The van der Waals surface area contributed by atoms with Crippen LogP contribution in [0.25, 0.3) is 0 Å². The first-order valence-corrected chi connectivity index (χ1v) is 4.93. The molecule has 2 nitrogen and oxygen atoms in total. The van der Waals surface area contributed by atoms with Crippen molar-refractivity contribution in [1.29, 1.82) is 5.26 Å². The largest absolute Gasteiger partial charge is 0.307 e. The molecule has 0 spiro atoms. The van der Waals surface area contributed by atoms with Gasteiger partial charge in [0.1, 0.15) is 0 Å². The maximum atomic E-state index is 8.63. The molecule has 0 aliphatic carbocycles. The molecule has 1 heterocycles. The summed E-state index contributed by atoms with van der Waals surface area (Å²) in [6, 6.07) is 0.528. The highest BCUT2D eigenvalue weighted by Gasteiger charge is 2.21. The fourth-order valence-corrected chi connectivity index (χ4v) is 2.06. The lowest BCUT2D eigenvalue weighted by Crippen LogP contribution is -2.26. The van der Waals surface area contributed by atoms with E-state index in [1.807, 2.05) is 16.7 Å². The number of nitriles is 1. The summed E-state index contributed by atoms with van der Waals surface area (Å²) < 4.78 is 0. The summed E-state index contributed by atoms with van der Waals surface area (Å²) in [5, 5.41) is 8.63. The van der Waals surface area contributed by atoms with Gasteiger partial charge < -0.3 is 4.90 Å². The first-order valence-electron chi connectivity index (χ1n) is 3.54. The highest BCUT2D eigenvalue weighted by molar-refractivity contribution is 7.98. The molecule has 1 saturated heterocycles. The molecule has 0 aromatic rings. The van der Waals surface area contributed by atoms with Gasteiger partial charge in [0.2, 0.25) is 0 Å². The fourth-order valence-electron chi connectivity index (χ4n) is 1.33. The molecule has 1 aliphatic rings. The van der Waals surface area contributed by atoms with E-state index in [-0.39, 0.29) is 0 Å². The summed E-state index contributed by atoms with van der Waals surface area (Å²) in [6.07, 6.45) is 6.71. The van der Waals surface area contributed by atoms with Crippen molar-refractivity contribution >= 4 is 11.8 Å². The predicted octanol–water partition coefficient (Wildman–Crippen LogP) is 1.29. The molecule has 0 saturated carbocycles. The smallest absolute Gasteiger partial charge is 0.179 e. The monoisotopic (exact) mass is 156 g/mol. The molecular formula is C7H12N2S. The van der Waals surface area contributed by atoms with Crippen LogP contribution in [0.2, 0.25) is 0 Å². The molecule has 1 unspecified atom stereocenters. The zero-order chi connectivity index (χ0) is 7.40. The van der Waals surface area contributed by atoms with Crippen LogP contribution in [0.1, 0.15) is 12.8 Å². The normalized spacial score (nSPS) is 24.8. The first-order chi connectivity index (χ1) is 4.88. The second-order valence-corrected chi connectivity index (χ2v) is 3.46. The van der Waals surface area contributed by atoms with Crippen molar-refractivity contribution in [2.24, 2.45) is 0 Å². The Morgan fingerprint density at radius 3 is 3.20 bits per heavy atom. The van der Waals surface area contributed by atoms with Gasteiger partial charge in [-0.3, -0.25) is 0 Å². The van der Waals surface area contributed by atoms with E-state index < -0.39 is 0 Å². The average molecular weight is 156 g/mol. The Morgan fingerprint density at radius 2 is 2.60 bits per heavy atom. The highest BCUT2D eigenvalue weighted by atomic mass is 32.2. The van der Waals surface area contributed by atoms with E-state index in [2.05, 4.69) is 12.4 Å². The fraction of sp³-hybridized carbons (Fsp3) is 0.857. The van der Waals surface area contributed by atoms with Crippen molar-refractivity contribution in [2.75, 3.05) is 18.6 Å². The summed E-state index contributed by atoms with van der Waals surface area (Å²) in [5.74, 6) is 1.10. The van der Waals surface area contributed by atoms with Crippen LogP contribution in [-0.2, 0) is 0 Å². The first kappa shape index (κ1) is 7.74. The van der Waals surface area contributed by atoms with E-state index in [4.69, 9.17) is 5.26 Å². The Labute approximate surface area is 66.2 Å². The molecule has 3 heteroatoms. The second kappa shape index (κ2) is 3.72. The molecule has 1 aliphatic heterocycles. The van der Waals surface area contributed by atoms with Gasteiger partial charge in [-0.25, -0.2) is 0 Å². The number of hydrogen-bond acceptors (Lipinski definition) is 3. The topological polar surface area (TPSA) is 27.0 Å². The van der Waals surface area contributed by atoms with E-state index in [9.17, 15) is 0 Å². The number of rotatable bonds is 2. The summed E-state index contributed by atoms with van der Waals surface area (Å²) in [6.45, 7) is 0.974. The van der Waals surface area contributed by atoms with E-state index >= 15 is 0 Å². The van der Waals surface area contributed by atoms with Crippen molar-refractivity contribution in [1.82, 2.24) is 4.90 Å². The quantitative estimate of drug-likeness (QED) is 0.564. The summed E-state index contributed by atoms with van der Waals surface area (Å²) in [4.78, 5) is 1.90. The van der Waals surface area contributed by atoms with Crippen LogP contribution in [0.4, 0.5) is 0 Å². The van der Waals surface area contributed by atoms with Crippen molar-refractivity contribution in [2.45, 2.75) is 18.9 Å². The number of nitrogens with zero attached hydrogens (tertiary/aromatic N) is 2. The van der Waals surface area contributed by atoms with Gasteiger partial charge in [0.05, 0.1) is 0 Å². The van der Waals surface area contributed by atoms with Gasteiger partial charge in [-0.15, -0.1) is 0 Å². The molecular weight excluding hydrogens is 144 g/mol. The summed E-state index contributed by atoms with van der Waals surface area (Å²) in [5.41, 5.74) is 0. The maximum absolute atomic E-state index is 8.63. The van der Waals surface area contributed by atoms with Crippen LogP contribution in [0, 0.1) is 11.5 Å². The van der Waals surface area contributed by atoms with Crippen molar-refractivity contribution < 1.29 is 0 Å². The van der Waals surface area contributed by atoms with E-state index in [1.165, 1.54) is 12.8 Å². The van der Waals surface area contributed by atoms with Crippen LogP contribution < -0.4 is 0 Å². The highest BCUT2D eigenvalue weighted by Crippen LogP contribution is 2.18. The molecule has 1 fully saturated rings. The average Bonchev–Trinajstić information content (AvgIpc) is 2.36. The van der Waals surface area contributed by atoms with E-state index in [0.717, 1.165) is 12.3 Å². The lowest BCUT2D eigenvalue weighted by Gasteiger charge is -2.16. The molecule has 0 amide bonds. The lowest BCUT2D eigenvalue weighted by molar-refractivity contribution is 0.393. The SMILES string of the molecule is CSCC1CCCN1C#N. The zero-order valence-electron chi connectivity index (χ0n) is 6.21. The molecule has 10 heavy (non-hydrogen) atoms. The Kier molecular flexibility index (Phi) is 2.88. The minimum atomic E-state index is 0.528. The molecule has 0 aromatic carbocycles. The van der Waals surface area contributed by atoms with Gasteiger partial charge in [0.25, 0.3) is 0 Å². The molecule has 0 radical (unpaired) electrons. The van der Waals surface area contributed by atoms with Crippen molar-refractivity contribution in [3.05, 3.63) is 0 Å².